The molecule has 1 heterocycles. The monoisotopic (exact) mass is 301 g/mol. The van der Waals surface area contributed by atoms with Crippen molar-refractivity contribution in [1.82, 2.24) is 9.97 Å². The number of anilines is 1. The first kappa shape index (κ1) is 14.4. The molecule has 0 amide bonds. The molecule has 17 heavy (non-hydrogen) atoms. The predicted octanol–water partition coefficient (Wildman–Crippen LogP) is 2.66. The maximum absolute atomic E-state index is 5.38. The number of nitrogens with zero attached hydrogens (tertiary/aromatic N) is 3. The smallest absolute Gasteiger partial charge is 0.133 e. The molecule has 0 radical (unpaired) electrons. The lowest BCUT2D eigenvalue weighted by Crippen LogP contribution is -2.28. The minimum atomic E-state index is 0.730. The maximum Gasteiger partial charge on any atom is 0.133 e. The van der Waals surface area contributed by atoms with Crippen molar-refractivity contribution >= 4 is 21.7 Å². The van der Waals surface area contributed by atoms with E-state index in [-0.39, 0.29) is 0 Å². The Kier molecular flexibility index (Phi) is 6.44. The van der Waals surface area contributed by atoms with Crippen molar-refractivity contribution in [2.75, 3.05) is 31.2 Å². The van der Waals surface area contributed by atoms with Gasteiger partial charge in [-0.1, -0.05) is 6.92 Å². The molecule has 0 saturated carbocycles. The largest absolute Gasteiger partial charge is 0.380 e. The van der Waals surface area contributed by atoms with E-state index in [1.165, 1.54) is 0 Å². The molecule has 0 fully saturated rings. The highest BCUT2D eigenvalue weighted by Gasteiger charge is 2.08. The van der Waals surface area contributed by atoms with Gasteiger partial charge in [0.2, 0.25) is 0 Å². The summed E-state index contributed by atoms with van der Waals surface area (Å²) >= 11 is 3.42. The Bertz CT molecular complexity index is 347. The van der Waals surface area contributed by atoms with Gasteiger partial charge in [0.25, 0.3) is 0 Å². The Morgan fingerprint density at radius 2 is 2.06 bits per heavy atom. The molecule has 0 saturated heterocycles. The molecular weight excluding hydrogens is 282 g/mol. The van der Waals surface area contributed by atoms with Crippen molar-refractivity contribution in [3.05, 3.63) is 16.5 Å². The summed E-state index contributed by atoms with van der Waals surface area (Å²) in [5, 5.41) is 0. The molecule has 5 heteroatoms. The van der Waals surface area contributed by atoms with E-state index >= 15 is 0 Å². The fourth-order valence-electron chi connectivity index (χ4n) is 1.53. The molecule has 1 aromatic heterocycles. The van der Waals surface area contributed by atoms with Crippen LogP contribution in [0.2, 0.25) is 0 Å². The number of hydrogen-bond donors (Lipinski definition) is 0. The number of aryl methyl sites for hydroxylation is 1. The van der Waals surface area contributed by atoms with Crippen LogP contribution in [0.1, 0.15) is 26.6 Å². The number of halogens is 1. The number of ether oxygens (including phenoxy) is 1. The molecule has 0 N–H and O–H groups in total. The Balaban J connectivity index is 2.76. The molecule has 4 nitrogen and oxygen atoms in total. The van der Waals surface area contributed by atoms with Crippen LogP contribution in [0.3, 0.4) is 0 Å². The number of hydrogen-bond acceptors (Lipinski definition) is 4. The van der Waals surface area contributed by atoms with Gasteiger partial charge in [0.1, 0.15) is 16.2 Å². The van der Waals surface area contributed by atoms with Crippen LogP contribution in [0.4, 0.5) is 5.82 Å². The van der Waals surface area contributed by atoms with E-state index in [9.17, 15) is 0 Å². The summed E-state index contributed by atoms with van der Waals surface area (Å²) in [7, 11) is 0. The molecule has 0 atom stereocenters. The average Bonchev–Trinajstić information content (AvgIpc) is 2.34. The highest BCUT2D eigenvalue weighted by Crippen LogP contribution is 2.16. The Morgan fingerprint density at radius 1 is 1.29 bits per heavy atom. The molecule has 0 bridgehead atoms. The van der Waals surface area contributed by atoms with Gasteiger partial charge in [-0.25, -0.2) is 9.97 Å². The summed E-state index contributed by atoms with van der Waals surface area (Å²) in [6.45, 7) is 9.44. The summed E-state index contributed by atoms with van der Waals surface area (Å²) in [6, 6.07) is 1.95. The standard InChI is InChI=1S/C12H20BrN3O/c1-4-11-14-10(13)9-12(15-11)16(5-2)7-8-17-6-3/h9H,4-8H2,1-3H3. The number of likely N-dealkylation sites (N-methyl/N-ethyl adjacent to an activating group) is 1. The van der Waals surface area contributed by atoms with Crippen LogP contribution in [0.5, 0.6) is 0 Å². The van der Waals surface area contributed by atoms with Gasteiger partial charge in [-0.3, -0.25) is 0 Å². The first-order valence-electron chi connectivity index (χ1n) is 6.07. The van der Waals surface area contributed by atoms with Gasteiger partial charge in [0.15, 0.2) is 0 Å². The van der Waals surface area contributed by atoms with E-state index < -0.39 is 0 Å². The highest BCUT2D eigenvalue weighted by molar-refractivity contribution is 9.10. The van der Waals surface area contributed by atoms with E-state index in [2.05, 4.69) is 44.6 Å². The summed E-state index contributed by atoms with van der Waals surface area (Å²) in [6.07, 6.45) is 0.843. The second-order valence-electron chi connectivity index (χ2n) is 3.60. The first-order chi connectivity index (χ1) is 8.21. The van der Waals surface area contributed by atoms with Gasteiger partial charge in [-0.05, 0) is 29.8 Å². The van der Waals surface area contributed by atoms with Crippen LogP contribution in [-0.2, 0) is 11.2 Å². The lowest BCUT2D eigenvalue weighted by atomic mass is 10.4. The van der Waals surface area contributed by atoms with Crippen molar-refractivity contribution < 1.29 is 4.74 Å². The van der Waals surface area contributed by atoms with Crippen LogP contribution in [-0.4, -0.2) is 36.3 Å². The minimum absolute atomic E-state index is 0.730. The first-order valence-corrected chi connectivity index (χ1v) is 6.86. The molecule has 0 aliphatic carbocycles. The van der Waals surface area contributed by atoms with Crippen molar-refractivity contribution in [3.8, 4) is 0 Å². The van der Waals surface area contributed by atoms with E-state index in [1.807, 2.05) is 13.0 Å². The third-order valence-corrected chi connectivity index (χ3v) is 2.87. The minimum Gasteiger partial charge on any atom is -0.380 e. The van der Waals surface area contributed by atoms with Crippen LogP contribution in [0.15, 0.2) is 10.7 Å². The maximum atomic E-state index is 5.38. The SMILES string of the molecule is CCOCCN(CC)c1cc(Br)nc(CC)n1. The summed E-state index contributed by atoms with van der Waals surface area (Å²) < 4.78 is 6.22. The summed E-state index contributed by atoms with van der Waals surface area (Å²) in [5.74, 6) is 1.83. The van der Waals surface area contributed by atoms with Gasteiger partial charge in [-0.2, -0.15) is 0 Å². The number of rotatable bonds is 7. The van der Waals surface area contributed by atoms with Crippen molar-refractivity contribution in [3.63, 3.8) is 0 Å². The van der Waals surface area contributed by atoms with E-state index in [0.29, 0.717) is 0 Å². The van der Waals surface area contributed by atoms with Crippen molar-refractivity contribution in [2.24, 2.45) is 0 Å². The highest BCUT2D eigenvalue weighted by atomic mass is 79.9. The quantitative estimate of drug-likeness (QED) is 0.573. The second kappa shape index (κ2) is 7.61. The zero-order valence-corrected chi connectivity index (χ0v) is 12.3. The van der Waals surface area contributed by atoms with E-state index in [0.717, 1.165) is 49.0 Å². The Labute approximate surface area is 112 Å². The lowest BCUT2D eigenvalue weighted by molar-refractivity contribution is 0.154. The molecule has 1 aromatic rings. The predicted molar refractivity (Wildman–Crippen MR) is 73.5 cm³/mol. The van der Waals surface area contributed by atoms with E-state index in [4.69, 9.17) is 4.74 Å². The van der Waals surface area contributed by atoms with Crippen molar-refractivity contribution in [2.45, 2.75) is 27.2 Å². The number of aromatic nitrogens is 2. The van der Waals surface area contributed by atoms with Crippen LogP contribution in [0, 0.1) is 0 Å². The molecule has 96 valence electrons. The molecule has 0 unspecified atom stereocenters. The van der Waals surface area contributed by atoms with Gasteiger partial charge in [-0.15, -0.1) is 0 Å². The molecular formula is C12H20BrN3O. The third-order valence-electron chi connectivity index (χ3n) is 2.46. The zero-order chi connectivity index (χ0) is 12.7. The Morgan fingerprint density at radius 3 is 2.65 bits per heavy atom. The van der Waals surface area contributed by atoms with Gasteiger partial charge >= 0.3 is 0 Å². The second-order valence-corrected chi connectivity index (χ2v) is 4.41. The Hall–Kier alpha value is -0.680. The average molecular weight is 302 g/mol. The summed E-state index contributed by atoms with van der Waals surface area (Å²) in [4.78, 5) is 11.0. The molecule has 0 spiro atoms. The molecule has 1 rings (SSSR count). The molecule has 0 aliphatic rings. The lowest BCUT2D eigenvalue weighted by Gasteiger charge is -2.22. The molecule has 0 aliphatic heterocycles. The van der Waals surface area contributed by atoms with Gasteiger partial charge < -0.3 is 9.64 Å². The fourth-order valence-corrected chi connectivity index (χ4v) is 1.93. The topological polar surface area (TPSA) is 38.2 Å². The summed E-state index contributed by atoms with van der Waals surface area (Å²) in [5.41, 5.74) is 0. The van der Waals surface area contributed by atoms with Crippen molar-refractivity contribution in [1.29, 1.82) is 0 Å². The van der Waals surface area contributed by atoms with Crippen LogP contribution >= 0.6 is 15.9 Å². The molecule has 0 aromatic carbocycles. The van der Waals surface area contributed by atoms with Gasteiger partial charge in [0, 0.05) is 32.2 Å². The third kappa shape index (κ3) is 4.60. The van der Waals surface area contributed by atoms with E-state index in [1.54, 1.807) is 0 Å². The van der Waals surface area contributed by atoms with Crippen LogP contribution in [0.25, 0.3) is 0 Å². The van der Waals surface area contributed by atoms with Crippen LogP contribution < -0.4 is 4.90 Å². The van der Waals surface area contributed by atoms with Gasteiger partial charge in [0.05, 0.1) is 6.61 Å². The zero-order valence-electron chi connectivity index (χ0n) is 10.7. The normalized spacial score (nSPS) is 10.6. The fraction of sp³-hybridized carbons (Fsp3) is 0.667.